The van der Waals surface area contributed by atoms with E-state index in [4.69, 9.17) is 10.5 Å². The van der Waals surface area contributed by atoms with E-state index < -0.39 is 0 Å². The Morgan fingerprint density at radius 3 is 3.21 bits per heavy atom. The topological polar surface area (TPSA) is 78.0 Å². The maximum absolute atomic E-state index is 5.39. The molecule has 6 nitrogen and oxygen atoms in total. The predicted molar refractivity (Wildman–Crippen MR) is 52.7 cm³/mol. The van der Waals surface area contributed by atoms with Gasteiger partial charge in [0.15, 0.2) is 0 Å². The van der Waals surface area contributed by atoms with Gasteiger partial charge in [-0.2, -0.15) is 0 Å². The minimum absolute atomic E-state index is 0.583. The molecule has 0 unspecified atom stereocenters. The molecule has 0 saturated heterocycles. The van der Waals surface area contributed by atoms with E-state index in [0.717, 1.165) is 12.2 Å². The first-order valence-corrected chi connectivity index (χ1v) is 4.65. The van der Waals surface area contributed by atoms with E-state index in [1.54, 1.807) is 11.8 Å². The van der Waals surface area contributed by atoms with Crippen molar-refractivity contribution < 1.29 is 4.74 Å². The second kappa shape index (κ2) is 6.47. The number of nitrogens with one attached hydrogen (secondary N) is 1. The van der Waals surface area contributed by atoms with Crippen LogP contribution in [0, 0.1) is 0 Å². The number of methoxy groups -OCH3 is 1. The number of ether oxygens (including phenoxy) is 1. The maximum atomic E-state index is 5.39. The van der Waals surface area contributed by atoms with Crippen LogP contribution >= 0.6 is 0 Å². The molecule has 0 saturated carbocycles. The zero-order valence-electron chi connectivity index (χ0n) is 8.44. The summed E-state index contributed by atoms with van der Waals surface area (Å²) in [5.41, 5.74) is 6.31. The molecule has 0 aliphatic rings. The molecule has 14 heavy (non-hydrogen) atoms. The van der Waals surface area contributed by atoms with E-state index in [2.05, 4.69) is 15.6 Å². The molecule has 1 aromatic heterocycles. The number of nitrogens with zero attached hydrogens (tertiary/aromatic N) is 3. The third kappa shape index (κ3) is 3.82. The molecule has 0 radical (unpaired) electrons. The van der Waals surface area contributed by atoms with Gasteiger partial charge in [0, 0.05) is 32.9 Å². The minimum Gasteiger partial charge on any atom is -0.383 e. The highest BCUT2D eigenvalue weighted by Crippen LogP contribution is 1.91. The lowest BCUT2D eigenvalue weighted by molar-refractivity contribution is 0.199. The third-order valence-corrected chi connectivity index (χ3v) is 1.73. The first-order valence-electron chi connectivity index (χ1n) is 4.65. The van der Waals surface area contributed by atoms with E-state index >= 15 is 0 Å². The van der Waals surface area contributed by atoms with Crippen LogP contribution in [0.2, 0.25) is 0 Å². The molecule has 1 heterocycles. The van der Waals surface area contributed by atoms with Crippen LogP contribution in [-0.4, -0.2) is 41.8 Å². The monoisotopic (exact) mass is 199 g/mol. The van der Waals surface area contributed by atoms with Crippen LogP contribution in [0.1, 0.15) is 5.69 Å². The van der Waals surface area contributed by atoms with Gasteiger partial charge in [0.05, 0.1) is 18.8 Å². The molecular weight excluding hydrogens is 182 g/mol. The molecule has 0 aliphatic carbocycles. The van der Waals surface area contributed by atoms with Gasteiger partial charge in [-0.1, -0.05) is 5.21 Å². The first-order chi connectivity index (χ1) is 6.86. The van der Waals surface area contributed by atoms with Crippen molar-refractivity contribution in [3.8, 4) is 0 Å². The third-order valence-electron chi connectivity index (χ3n) is 1.73. The Morgan fingerprint density at radius 2 is 2.50 bits per heavy atom. The molecule has 80 valence electrons. The zero-order chi connectivity index (χ0) is 10.2. The van der Waals surface area contributed by atoms with Gasteiger partial charge in [0.25, 0.3) is 0 Å². The Hall–Kier alpha value is -0.980. The lowest BCUT2D eigenvalue weighted by atomic mass is 10.4. The molecule has 6 heteroatoms. The van der Waals surface area contributed by atoms with E-state index in [0.29, 0.717) is 26.2 Å². The number of nitrogens with two attached hydrogens (primary N) is 1. The van der Waals surface area contributed by atoms with Crippen molar-refractivity contribution in [1.82, 2.24) is 20.3 Å². The van der Waals surface area contributed by atoms with Crippen LogP contribution in [0.15, 0.2) is 6.20 Å². The van der Waals surface area contributed by atoms with Gasteiger partial charge in [-0.15, -0.1) is 5.10 Å². The molecule has 1 aromatic rings. The summed E-state index contributed by atoms with van der Waals surface area (Å²) in [6.45, 7) is 3.54. The lowest BCUT2D eigenvalue weighted by Gasteiger charge is -1.99. The average molecular weight is 199 g/mol. The smallest absolute Gasteiger partial charge is 0.0964 e. The highest BCUT2D eigenvalue weighted by atomic mass is 16.5. The molecule has 0 aromatic carbocycles. The molecule has 0 spiro atoms. The van der Waals surface area contributed by atoms with Crippen molar-refractivity contribution in [3.05, 3.63) is 11.9 Å². The molecule has 0 amide bonds. The Bertz CT molecular complexity index is 250. The van der Waals surface area contributed by atoms with Crippen LogP contribution < -0.4 is 11.1 Å². The van der Waals surface area contributed by atoms with Gasteiger partial charge in [0.1, 0.15) is 0 Å². The second-order valence-corrected chi connectivity index (χ2v) is 2.93. The minimum atomic E-state index is 0.583. The molecule has 0 fully saturated rings. The van der Waals surface area contributed by atoms with Crippen molar-refractivity contribution in [2.45, 2.75) is 13.1 Å². The fraction of sp³-hybridized carbons (Fsp3) is 0.750. The van der Waals surface area contributed by atoms with Crippen LogP contribution in [0.3, 0.4) is 0 Å². The van der Waals surface area contributed by atoms with Crippen LogP contribution in [0.25, 0.3) is 0 Å². The van der Waals surface area contributed by atoms with Crippen molar-refractivity contribution >= 4 is 0 Å². The largest absolute Gasteiger partial charge is 0.383 e. The fourth-order valence-corrected chi connectivity index (χ4v) is 1.05. The number of hydrogen-bond donors (Lipinski definition) is 2. The highest BCUT2D eigenvalue weighted by Gasteiger charge is 1.98. The maximum Gasteiger partial charge on any atom is 0.0964 e. The molecule has 1 rings (SSSR count). The molecule has 3 N–H and O–H groups in total. The summed E-state index contributed by atoms with van der Waals surface area (Å²) >= 11 is 0. The molecule has 0 bridgehead atoms. The van der Waals surface area contributed by atoms with Gasteiger partial charge in [-0.25, -0.2) is 0 Å². The van der Waals surface area contributed by atoms with E-state index in [1.165, 1.54) is 0 Å². The van der Waals surface area contributed by atoms with Crippen LogP contribution in [0.5, 0.6) is 0 Å². The molecule has 0 aliphatic heterocycles. The zero-order valence-corrected chi connectivity index (χ0v) is 8.44. The number of hydrogen-bond acceptors (Lipinski definition) is 5. The van der Waals surface area contributed by atoms with Crippen molar-refractivity contribution in [2.24, 2.45) is 5.73 Å². The van der Waals surface area contributed by atoms with Crippen LogP contribution in [0.4, 0.5) is 0 Å². The summed E-state index contributed by atoms with van der Waals surface area (Å²) in [4.78, 5) is 0. The quantitative estimate of drug-likeness (QED) is 0.549. The number of rotatable bonds is 7. The Labute approximate surface area is 83.4 Å². The second-order valence-electron chi connectivity index (χ2n) is 2.93. The summed E-state index contributed by atoms with van der Waals surface area (Å²) in [6, 6.07) is 0. The summed E-state index contributed by atoms with van der Waals surface area (Å²) in [5.74, 6) is 0. The van der Waals surface area contributed by atoms with Gasteiger partial charge in [-0.05, 0) is 0 Å². The SMILES string of the molecule is COCCNCc1cn(CCN)nn1. The van der Waals surface area contributed by atoms with Gasteiger partial charge >= 0.3 is 0 Å². The predicted octanol–water partition coefficient (Wildman–Crippen LogP) is -1.03. The van der Waals surface area contributed by atoms with E-state index in [1.807, 2.05) is 6.20 Å². The van der Waals surface area contributed by atoms with Gasteiger partial charge in [-0.3, -0.25) is 4.68 Å². The Kier molecular flexibility index (Phi) is 5.13. The normalized spacial score (nSPS) is 10.7. The average Bonchev–Trinajstić information content (AvgIpc) is 2.61. The van der Waals surface area contributed by atoms with Crippen molar-refractivity contribution in [1.29, 1.82) is 0 Å². The standard InChI is InChI=1S/C8H17N5O/c1-14-5-3-10-6-8-7-13(4-2-9)12-11-8/h7,10H,2-6,9H2,1H3. The summed E-state index contributed by atoms with van der Waals surface area (Å²) in [5, 5.41) is 11.1. The lowest BCUT2D eigenvalue weighted by Crippen LogP contribution is -2.18. The fourth-order valence-electron chi connectivity index (χ4n) is 1.05. The Balaban J connectivity index is 2.22. The first kappa shape index (κ1) is 11.1. The van der Waals surface area contributed by atoms with Crippen molar-refractivity contribution in [3.63, 3.8) is 0 Å². The van der Waals surface area contributed by atoms with Crippen molar-refractivity contribution in [2.75, 3.05) is 26.8 Å². The van der Waals surface area contributed by atoms with E-state index in [9.17, 15) is 0 Å². The van der Waals surface area contributed by atoms with E-state index in [-0.39, 0.29) is 0 Å². The van der Waals surface area contributed by atoms with Gasteiger partial charge in [0.2, 0.25) is 0 Å². The summed E-state index contributed by atoms with van der Waals surface area (Å²) < 4.78 is 6.65. The Morgan fingerprint density at radius 1 is 1.64 bits per heavy atom. The summed E-state index contributed by atoms with van der Waals surface area (Å²) in [7, 11) is 1.68. The molecule has 0 atom stereocenters. The molecular formula is C8H17N5O. The number of aromatic nitrogens is 3. The van der Waals surface area contributed by atoms with Crippen LogP contribution in [-0.2, 0) is 17.8 Å². The summed E-state index contributed by atoms with van der Waals surface area (Å²) in [6.07, 6.45) is 1.90. The highest BCUT2D eigenvalue weighted by molar-refractivity contribution is 4.91. The van der Waals surface area contributed by atoms with Gasteiger partial charge < -0.3 is 15.8 Å².